The first-order chi connectivity index (χ1) is 13.6. The number of rotatable bonds is 6. The van der Waals surface area contributed by atoms with Gasteiger partial charge in [-0.15, -0.1) is 11.3 Å². The molecule has 4 aromatic rings. The van der Waals surface area contributed by atoms with Crippen LogP contribution in [0.15, 0.2) is 73.1 Å². The van der Waals surface area contributed by atoms with E-state index in [0.717, 1.165) is 21.6 Å². The van der Waals surface area contributed by atoms with E-state index in [1.54, 1.807) is 29.8 Å². The van der Waals surface area contributed by atoms with Gasteiger partial charge in [0, 0.05) is 22.0 Å². The van der Waals surface area contributed by atoms with Crippen molar-refractivity contribution in [3.63, 3.8) is 0 Å². The fourth-order valence-corrected chi connectivity index (χ4v) is 4.37. The molecule has 4 rings (SSSR count). The molecule has 0 aliphatic rings. The van der Waals surface area contributed by atoms with Crippen molar-refractivity contribution in [3.05, 3.63) is 100 Å². The molecule has 1 N–H and O–H groups in total. The van der Waals surface area contributed by atoms with Gasteiger partial charge in [0.1, 0.15) is 6.10 Å². The van der Waals surface area contributed by atoms with Crippen molar-refractivity contribution >= 4 is 27.4 Å². The molecule has 2 aromatic heterocycles. The molecule has 0 aliphatic heterocycles. The fourth-order valence-electron chi connectivity index (χ4n) is 3.23. The summed E-state index contributed by atoms with van der Waals surface area (Å²) >= 11 is 1.69. The Morgan fingerprint density at radius 3 is 2.71 bits per heavy atom. The van der Waals surface area contributed by atoms with Crippen LogP contribution in [0.5, 0.6) is 0 Å². The molecule has 0 saturated heterocycles. The van der Waals surface area contributed by atoms with Crippen LogP contribution in [0.25, 0.3) is 10.1 Å². The van der Waals surface area contributed by atoms with Crippen molar-refractivity contribution in [3.8, 4) is 0 Å². The minimum atomic E-state index is -0.918. The molecule has 1 atom stereocenters. The topological polar surface area (TPSA) is 59.4 Å². The first kappa shape index (κ1) is 18.3. The van der Waals surface area contributed by atoms with Crippen molar-refractivity contribution < 1.29 is 14.6 Å². The van der Waals surface area contributed by atoms with Gasteiger partial charge in [0.2, 0.25) is 0 Å². The molecule has 0 radical (unpaired) electrons. The molecule has 2 aromatic carbocycles. The molecular weight excluding hydrogens is 370 g/mol. The molecule has 140 valence electrons. The Labute approximate surface area is 167 Å². The zero-order valence-electron chi connectivity index (χ0n) is 15.3. The zero-order chi connectivity index (χ0) is 19.5. The molecule has 0 fully saturated rings. The van der Waals surface area contributed by atoms with Crippen LogP contribution in [0.3, 0.4) is 0 Å². The summed E-state index contributed by atoms with van der Waals surface area (Å²) in [6.07, 6.45) is 3.25. The normalized spacial score (nSPS) is 12.2. The maximum atomic E-state index is 11.4. The quantitative estimate of drug-likeness (QED) is 0.466. The highest BCUT2D eigenvalue weighted by molar-refractivity contribution is 7.19. The molecule has 0 spiro atoms. The number of thiophene rings is 1. The molecule has 0 saturated carbocycles. The monoisotopic (exact) mass is 389 g/mol. The average Bonchev–Trinajstić information content (AvgIpc) is 3.12. The number of aromatic nitrogens is 1. The predicted octanol–water partition coefficient (Wildman–Crippen LogP) is 5.61. The van der Waals surface area contributed by atoms with Crippen LogP contribution in [0.1, 0.15) is 38.0 Å². The van der Waals surface area contributed by atoms with Crippen LogP contribution in [0.2, 0.25) is 0 Å². The molecular formula is C23H19NO3S. The number of carbonyl (C=O) groups is 1. The number of nitrogens with zero attached hydrogens (tertiary/aromatic N) is 1. The zero-order valence-corrected chi connectivity index (χ0v) is 16.1. The van der Waals surface area contributed by atoms with E-state index in [1.165, 1.54) is 10.1 Å². The Morgan fingerprint density at radius 1 is 1.14 bits per heavy atom. The van der Waals surface area contributed by atoms with E-state index in [2.05, 4.69) is 23.2 Å². The van der Waals surface area contributed by atoms with Crippen molar-refractivity contribution in [1.29, 1.82) is 0 Å². The molecule has 0 bridgehead atoms. The predicted molar refractivity (Wildman–Crippen MR) is 111 cm³/mol. The number of hydrogen-bond acceptors (Lipinski definition) is 4. The van der Waals surface area contributed by atoms with Gasteiger partial charge in [0.05, 0.1) is 12.2 Å². The summed E-state index contributed by atoms with van der Waals surface area (Å²) in [5.74, 6) is -0.918. The van der Waals surface area contributed by atoms with Crippen LogP contribution in [0, 0.1) is 6.92 Å². The van der Waals surface area contributed by atoms with Crippen LogP contribution in [-0.2, 0) is 11.3 Å². The Kier molecular flexibility index (Phi) is 5.19. The van der Waals surface area contributed by atoms with Gasteiger partial charge in [-0.1, -0.05) is 36.4 Å². The van der Waals surface area contributed by atoms with Crippen LogP contribution >= 0.6 is 11.3 Å². The molecule has 28 heavy (non-hydrogen) atoms. The lowest BCUT2D eigenvalue weighted by Gasteiger charge is -2.18. The van der Waals surface area contributed by atoms with Gasteiger partial charge in [0.15, 0.2) is 0 Å². The lowest BCUT2D eigenvalue weighted by Crippen LogP contribution is -2.07. The van der Waals surface area contributed by atoms with Gasteiger partial charge >= 0.3 is 5.97 Å². The molecule has 2 heterocycles. The van der Waals surface area contributed by atoms with Crippen LogP contribution in [0.4, 0.5) is 0 Å². The number of aryl methyl sites for hydroxylation is 1. The lowest BCUT2D eigenvalue weighted by molar-refractivity contribution is 0.0679. The summed E-state index contributed by atoms with van der Waals surface area (Å²) in [6, 6.07) is 19.7. The second-order valence-electron chi connectivity index (χ2n) is 6.62. The van der Waals surface area contributed by atoms with E-state index in [4.69, 9.17) is 4.74 Å². The Hall–Kier alpha value is -3.02. The summed E-state index contributed by atoms with van der Waals surface area (Å²) in [7, 11) is 0. The maximum absolute atomic E-state index is 11.4. The number of aromatic carboxylic acids is 1. The second kappa shape index (κ2) is 7.92. The van der Waals surface area contributed by atoms with Gasteiger partial charge in [-0.2, -0.15) is 0 Å². The molecule has 4 nitrogen and oxygen atoms in total. The third-order valence-electron chi connectivity index (χ3n) is 4.63. The van der Waals surface area contributed by atoms with E-state index in [0.29, 0.717) is 12.2 Å². The smallest absolute Gasteiger partial charge is 0.335 e. The fraction of sp³-hybridized carbons (Fsp3) is 0.130. The van der Waals surface area contributed by atoms with E-state index < -0.39 is 5.97 Å². The van der Waals surface area contributed by atoms with Gasteiger partial charge in [0.25, 0.3) is 0 Å². The van der Waals surface area contributed by atoms with Crippen molar-refractivity contribution in [2.24, 2.45) is 0 Å². The van der Waals surface area contributed by atoms with E-state index >= 15 is 0 Å². The molecule has 0 aliphatic carbocycles. The van der Waals surface area contributed by atoms with Gasteiger partial charge in [-0.25, -0.2) is 4.79 Å². The third-order valence-corrected chi connectivity index (χ3v) is 5.79. The summed E-state index contributed by atoms with van der Waals surface area (Å²) in [4.78, 5) is 16.6. The summed E-state index contributed by atoms with van der Waals surface area (Å²) in [6.45, 7) is 2.24. The Bertz CT molecular complexity index is 1090. The van der Waals surface area contributed by atoms with E-state index in [-0.39, 0.29) is 6.10 Å². The van der Waals surface area contributed by atoms with Gasteiger partial charge in [-0.05, 0) is 53.3 Å². The largest absolute Gasteiger partial charge is 0.478 e. The number of carboxylic acids is 1. The van der Waals surface area contributed by atoms with Crippen LogP contribution < -0.4 is 0 Å². The van der Waals surface area contributed by atoms with Crippen molar-refractivity contribution in [2.45, 2.75) is 19.6 Å². The summed E-state index contributed by atoms with van der Waals surface area (Å²) in [5, 5.41) is 10.5. The number of ether oxygens (including phenoxy) is 1. The first-order valence-electron chi connectivity index (χ1n) is 8.94. The van der Waals surface area contributed by atoms with E-state index in [1.807, 2.05) is 43.3 Å². The molecule has 1 unspecified atom stereocenters. The standard InChI is InChI=1S/C23H19NO3S/c1-15-11-18(8-9-19(15)23(25)26)22(27-14-16-5-4-10-24-13-16)21-12-17-6-2-3-7-20(17)28-21/h2-13,22H,14H2,1H3,(H,25,26). The SMILES string of the molecule is Cc1cc(C(OCc2cccnc2)c2cc3ccccc3s2)ccc1C(=O)O. The number of benzene rings is 2. The summed E-state index contributed by atoms with van der Waals surface area (Å²) < 4.78 is 7.51. The number of pyridine rings is 1. The van der Waals surface area contributed by atoms with E-state index in [9.17, 15) is 9.90 Å². The van der Waals surface area contributed by atoms with Crippen LogP contribution in [-0.4, -0.2) is 16.1 Å². The van der Waals surface area contributed by atoms with Gasteiger partial charge in [-0.3, -0.25) is 4.98 Å². The third kappa shape index (κ3) is 3.81. The number of fused-ring (bicyclic) bond motifs is 1. The van der Waals surface area contributed by atoms with Crippen molar-refractivity contribution in [1.82, 2.24) is 4.98 Å². The highest BCUT2D eigenvalue weighted by Crippen LogP contribution is 2.36. The highest BCUT2D eigenvalue weighted by atomic mass is 32.1. The second-order valence-corrected chi connectivity index (χ2v) is 7.73. The molecule has 5 heteroatoms. The molecule has 0 amide bonds. The average molecular weight is 389 g/mol. The highest BCUT2D eigenvalue weighted by Gasteiger charge is 2.20. The Morgan fingerprint density at radius 2 is 2.00 bits per heavy atom. The lowest BCUT2D eigenvalue weighted by atomic mass is 10.0. The van der Waals surface area contributed by atoms with Gasteiger partial charge < -0.3 is 9.84 Å². The Balaban J connectivity index is 1.72. The number of carboxylic acid groups (broad SMARTS) is 1. The number of hydrogen-bond donors (Lipinski definition) is 1. The van der Waals surface area contributed by atoms with Crippen molar-refractivity contribution in [2.75, 3.05) is 0 Å². The minimum absolute atomic E-state index is 0.279. The first-order valence-corrected chi connectivity index (χ1v) is 9.76. The minimum Gasteiger partial charge on any atom is -0.478 e. The maximum Gasteiger partial charge on any atom is 0.335 e. The summed E-state index contributed by atoms with van der Waals surface area (Å²) in [5.41, 5.74) is 2.97.